The zero-order valence-corrected chi connectivity index (χ0v) is 14.2. The fourth-order valence-electron chi connectivity index (χ4n) is 3.06. The van der Waals surface area contributed by atoms with Crippen LogP contribution >= 0.6 is 0 Å². The van der Waals surface area contributed by atoms with E-state index in [1.54, 1.807) is 29.2 Å². The Labute approximate surface area is 146 Å². The number of cyclic esters (lactones) is 1. The van der Waals surface area contributed by atoms with E-state index in [1.165, 1.54) is 4.90 Å². The van der Waals surface area contributed by atoms with E-state index in [2.05, 4.69) is 10.6 Å². The molecule has 1 aromatic rings. The van der Waals surface area contributed by atoms with Gasteiger partial charge < -0.3 is 20.3 Å². The van der Waals surface area contributed by atoms with E-state index in [-0.39, 0.29) is 23.9 Å². The zero-order chi connectivity index (χ0) is 17.8. The first-order chi connectivity index (χ1) is 12.1. The summed E-state index contributed by atoms with van der Waals surface area (Å²) in [6, 6.07) is 6.83. The molecule has 2 aliphatic rings. The second-order valence-electron chi connectivity index (χ2n) is 6.07. The molecule has 8 heteroatoms. The third-order valence-corrected chi connectivity index (χ3v) is 4.37. The molecule has 2 N–H and O–H groups in total. The maximum atomic E-state index is 12.4. The molecule has 0 aromatic heterocycles. The van der Waals surface area contributed by atoms with E-state index >= 15 is 0 Å². The SMILES string of the molecule is CCNC(=O)C1CCN(C(=O)Nc2cccc(N3CCOC3=O)c2)C1. The molecule has 2 fully saturated rings. The van der Waals surface area contributed by atoms with Crippen LogP contribution in [0.2, 0.25) is 0 Å². The standard InChI is InChI=1S/C17H22N4O4/c1-2-18-15(22)12-6-7-20(11-12)16(23)19-13-4-3-5-14(10-13)21-8-9-25-17(21)24/h3-5,10,12H,2,6-9,11H2,1H3,(H,18,22)(H,19,23). The smallest absolute Gasteiger partial charge is 0.414 e. The minimum absolute atomic E-state index is 0.00709. The number of rotatable bonds is 4. The van der Waals surface area contributed by atoms with Gasteiger partial charge in [0.25, 0.3) is 0 Å². The van der Waals surface area contributed by atoms with Gasteiger partial charge in [0, 0.05) is 31.0 Å². The van der Waals surface area contributed by atoms with Gasteiger partial charge in [-0.05, 0) is 31.5 Å². The number of amides is 4. The van der Waals surface area contributed by atoms with Crippen LogP contribution in [0.4, 0.5) is 21.0 Å². The van der Waals surface area contributed by atoms with Crippen molar-refractivity contribution in [2.45, 2.75) is 13.3 Å². The lowest BCUT2D eigenvalue weighted by atomic mass is 10.1. The number of nitrogens with one attached hydrogen (secondary N) is 2. The van der Waals surface area contributed by atoms with Crippen molar-refractivity contribution in [2.75, 3.05) is 43.0 Å². The molecule has 1 atom stereocenters. The van der Waals surface area contributed by atoms with E-state index in [4.69, 9.17) is 4.74 Å². The van der Waals surface area contributed by atoms with Crippen LogP contribution in [0.5, 0.6) is 0 Å². The number of anilines is 2. The Morgan fingerprint density at radius 2 is 2.16 bits per heavy atom. The summed E-state index contributed by atoms with van der Waals surface area (Å²) in [4.78, 5) is 39.1. The summed E-state index contributed by atoms with van der Waals surface area (Å²) in [5, 5.41) is 5.62. The normalized spacial score (nSPS) is 19.7. The molecule has 0 bridgehead atoms. The maximum absolute atomic E-state index is 12.4. The van der Waals surface area contributed by atoms with Crippen LogP contribution in [-0.4, -0.2) is 55.7 Å². The van der Waals surface area contributed by atoms with E-state index in [0.29, 0.717) is 50.6 Å². The molecule has 2 aliphatic heterocycles. The Morgan fingerprint density at radius 1 is 1.32 bits per heavy atom. The number of nitrogens with zero attached hydrogens (tertiary/aromatic N) is 2. The van der Waals surface area contributed by atoms with Gasteiger partial charge >= 0.3 is 12.1 Å². The average Bonchev–Trinajstić information content (AvgIpc) is 3.24. The average molecular weight is 346 g/mol. The minimum Gasteiger partial charge on any atom is -0.447 e. The maximum Gasteiger partial charge on any atom is 0.414 e. The van der Waals surface area contributed by atoms with Crippen molar-refractivity contribution < 1.29 is 19.1 Å². The highest BCUT2D eigenvalue weighted by Crippen LogP contribution is 2.23. The molecule has 0 saturated carbocycles. The summed E-state index contributed by atoms with van der Waals surface area (Å²) in [5.74, 6) is -0.163. The van der Waals surface area contributed by atoms with Gasteiger partial charge in [-0.15, -0.1) is 0 Å². The number of urea groups is 1. The molecule has 2 saturated heterocycles. The monoisotopic (exact) mass is 346 g/mol. The third kappa shape index (κ3) is 3.84. The highest BCUT2D eigenvalue weighted by atomic mass is 16.6. The molecule has 0 radical (unpaired) electrons. The van der Waals surface area contributed by atoms with Crippen LogP contribution in [0.3, 0.4) is 0 Å². The van der Waals surface area contributed by atoms with Gasteiger partial charge in [-0.3, -0.25) is 9.69 Å². The lowest BCUT2D eigenvalue weighted by molar-refractivity contribution is -0.124. The summed E-state index contributed by atoms with van der Waals surface area (Å²) >= 11 is 0. The van der Waals surface area contributed by atoms with Crippen LogP contribution in [0.15, 0.2) is 24.3 Å². The van der Waals surface area contributed by atoms with Gasteiger partial charge in [-0.1, -0.05) is 6.07 Å². The molecular weight excluding hydrogens is 324 g/mol. The van der Waals surface area contributed by atoms with Crippen LogP contribution in [0.25, 0.3) is 0 Å². The minimum atomic E-state index is -0.382. The Morgan fingerprint density at radius 3 is 2.88 bits per heavy atom. The quantitative estimate of drug-likeness (QED) is 0.867. The van der Waals surface area contributed by atoms with Crippen LogP contribution < -0.4 is 15.5 Å². The number of hydrogen-bond donors (Lipinski definition) is 2. The second-order valence-corrected chi connectivity index (χ2v) is 6.07. The molecule has 3 rings (SSSR count). The Balaban J connectivity index is 1.60. The summed E-state index contributed by atoms with van der Waals surface area (Å²) in [7, 11) is 0. The highest BCUT2D eigenvalue weighted by Gasteiger charge is 2.31. The van der Waals surface area contributed by atoms with Gasteiger partial charge in [0.2, 0.25) is 5.91 Å². The first kappa shape index (κ1) is 17.1. The van der Waals surface area contributed by atoms with Gasteiger partial charge in [0.1, 0.15) is 6.61 Å². The van der Waals surface area contributed by atoms with Crippen molar-refractivity contribution in [1.29, 1.82) is 0 Å². The summed E-state index contributed by atoms with van der Waals surface area (Å²) in [6.07, 6.45) is 0.284. The van der Waals surface area contributed by atoms with Crippen molar-refractivity contribution in [3.05, 3.63) is 24.3 Å². The van der Waals surface area contributed by atoms with Crippen LogP contribution in [0.1, 0.15) is 13.3 Å². The number of likely N-dealkylation sites (tertiary alicyclic amines) is 1. The van der Waals surface area contributed by atoms with Gasteiger partial charge in [-0.2, -0.15) is 0 Å². The van der Waals surface area contributed by atoms with Crippen molar-refractivity contribution in [1.82, 2.24) is 10.2 Å². The predicted molar refractivity (Wildman–Crippen MR) is 92.5 cm³/mol. The predicted octanol–water partition coefficient (Wildman–Crippen LogP) is 1.63. The van der Waals surface area contributed by atoms with Crippen LogP contribution in [0, 0.1) is 5.92 Å². The first-order valence-corrected chi connectivity index (χ1v) is 8.46. The number of benzene rings is 1. The lowest BCUT2D eigenvalue weighted by Gasteiger charge is -2.18. The zero-order valence-electron chi connectivity index (χ0n) is 14.2. The molecular formula is C17H22N4O4. The van der Waals surface area contributed by atoms with Crippen molar-refractivity contribution in [3.63, 3.8) is 0 Å². The van der Waals surface area contributed by atoms with Gasteiger partial charge in [0.05, 0.1) is 12.5 Å². The number of carbonyl (C=O) groups is 3. The van der Waals surface area contributed by atoms with Gasteiger partial charge in [0.15, 0.2) is 0 Å². The van der Waals surface area contributed by atoms with Crippen molar-refractivity contribution in [3.8, 4) is 0 Å². The second kappa shape index (κ2) is 7.42. The summed E-state index contributed by atoms with van der Waals surface area (Å²) in [5.41, 5.74) is 1.28. The number of hydrogen-bond acceptors (Lipinski definition) is 4. The summed E-state index contributed by atoms with van der Waals surface area (Å²) < 4.78 is 4.93. The Kier molecular flexibility index (Phi) is 5.06. The summed E-state index contributed by atoms with van der Waals surface area (Å²) in [6.45, 7) is 4.29. The first-order valence-electron chi connectivity index (χ1n) is 8.46. The Bertz CT molecular complexity index is 678. The molecule has 25 heavy (non-hydrogen) atoms. The fourth-order valence-corrected chi connectivity index (χ4v) is 3.06. The molecule has 0 spiro atoms. The Hall–Kier alpha value is -2.77. The molecule has 1 unspecified atom stereocenters. The van der Waals surface area contributed by atoms with E-state index in [0.717, 1.165) is 0 Å². The molecule has 4 amide bonds. The van der Waals surface area contributed by atoms with E-state index in [1.807, 2.05) is 6.92 Å². The van der Waals surface area contributed by atoms with Crippen molar-refractivity contribution in [2.24, 2.45) is 5.92 Å². The van der Waals surface area contributed by atoms with Gasteiger partial charge in [-0.25, -0.2) is 9.59 Å². The van der Waals surface area contributed by atoms with Crippen LogP contribution in [-0.2, 0) is 9.53 Å². The highest BCUT2D eigenvalue weighted by molar-refractivity contribution is 5.93. The fraction of sp³-hybridized carbons (Fsp3) is 0.471. The largest absolute Gasteiger partial charge is 0.447 e. The number of ether oxygens (including phenoxy) is 1. The molecule has 1 aromatic carbocycles. The van der Waals surface area contributed by atoms with E-state index in [9.17, 15) is 14.4 Å². The molecule has 8 nitrogen and oxygen atoms in total. The third-order valence-electron chi connectivity index (χ3n) is 4.37. The molecule has 2 heterocycles. The molecule has 134 valence electrons. The van der Waals surface area contributed by atoms with Crippen molar-refractivity contribution >= 4 is 29.4 Å². The lowest BCUT2D eigenvalue weighted by Crippen LogP contribution is -2.36. The molecule has 0 aliphatic carbocycles. The van der Waals surface area contributed by atoms with E-state index < -0.39 is 0 Å². The topological polar surface area (TPSA) is 91.0 Å². The number of carbonyl (C=O) groups excluding carboxylic acids is 3.